The summed E-state index contributed by atoms with van der Waals surface area (Å²) in [6.07, 6.45) is 5.05. The zero-order valence-corrected chi connectivity index (χ0v) is 13.4. The normalized spacial score (nSPS) is 10.6. The summed E-state index contributed by atoms with van der Waals surface area (Å²) >= 11 is 0. The van der Waals surface area contributed by atoms with Gasteiger partial charge in [-0.15, -0.1) is 0 Å². The number of benzene rings is 2. The Balaban J connectivity index is 2.38. The smallest absolute Gasteiger partial charge is 0.168 e. The Morgan fingerprint density at radius 3 is 2.32 bits per heavy atom. The summed E-state index contributed by atoms with van der Waals surface area (Å²) in [6, 6.07) is 9.61. The van der Waals surface area contributed by atoms with Gasteiger partial charge in [-0.1, -0.05) is 44.9 Å². The molecule has 0 saturated carbocycles. The molecule has 0 aromatic heterocycles. The van der Waals surface area contributed by atoms with Crippen molar-refractivity contribution in [1.29, 1.82) is 0 Å². The summed E-state index contributed by atoms with van der Waals surface area (Å²) in [7, 11) is 0. The highest BCUT2D eigenvalue weighted by Gasteiger charge is 2.11. The van der Waals surface area contributed by atoms with Gasteiger partial charge in [-0.25, -0.2) is 0 Å². The van der Waals surface area contributed by atoms with Crippen LogP contribution in [0.5, 0.6) is 11.5 Å². The van der Waals surface area contributed by atoms with Gasteiger partial charge in [0.25, 0.3) is 0 Å². The number of fused-ring (bicyclic) bond motifs is 1. The standard InChI is InChI=1S/C19H24O3/c1-3-5-11-21-18-10-9-16-8-7-15(14-20)13-17(16)19(18)22-12-6-4-2/h7-10,13-14H,3-6,11-12H2,1-2H3. The molecular formula is C19H24O3. The maximum absolute atomic E-state index is 11.0. The summed E-state index contributed by atoms with van der Waals surface area (Å²) < 4.78 is 11.9. The van der Waals surface area contributed by atoms with Crippen molar-refractivity contribution in [2.24, 2.45) is 0 Å². The van der Waals surface area contributed by atoms with Crippen LogP contribution in [0.2, 0.25) is 0 Å². The van der Waals surface area contributed by atoms with Crippen molar-refractivity contribution in [3.63, 3.8) is 0 Å². The van der Waals surface area contributed by atoms with E-state index in [9.17, 15) is 4.79 Å². The zero-order valence-electron chi connectivity index (χ0n) is 13.4. The van der Waals surface area contributed by atoms with Crippen molar-refractivity contribution in [1.82, 2.24) is 0 Å². The highest BCUT2D eigenvalue weighted by molar-refractivity contribution is 5.94. The van der Waals surface area contributed by atoms with E-state index in [4.69, 9.17) is 9.47 Å². The molecule has 3 nitrogen and oxygen atoms in total. The van der Waals surface area contributed by atoms with E-state index in [1.165, 1.54) is 0 Å². The molecule has 2 aromatic carbocycles. The molecule has 2 rings (SSSR count). The van der Waals surface area contributed by atoms with Crippen LogP contribution in [0, 0.1) is 0 Å². The van der Waals surface area contributed by atoms with Crippen molar-refractivity contribution in [3.05, 3.63) is 35.9 Å². The molecule has 0 aliphatic carbocycles. The van der Waals surface area contributed by atoms with Gasteiger partial charge in [-0.05, 0) is 30.4 Å². The Morgan fingerprint density at radius 1 is 0.955 bits per heavy atom. The lowest BCUT2D eigenvalue weighted by atomic mass is 10.1. The molecule has 0 heterocycles. The molecule has 22 heavy (non-hydrogen) atoms. The minimum absolute atomic E-state index is 0.651. The molecule has 0 aliphatic rings. The first-order valence-corrected chi connectivity index (χ1v) is 8.07. The van der Waals surface area contributed by atoms with Gasteiger partial charge in [0.2, 0.25) is 0 Å². The Labute approximate surface area is 132 Å². The largest absolute Gasteiger partial charge is 0.490 e. The molecule has 0 atom stereocenters. The number of carbonyl (C=O) groups is 1. The van der Waals surface area contributed by atoms with E-state index >= 15 is 0 Å². The monoisotopic (exact) mass is 300 g/mol. The van der Waals surface area contributed by atoms with Crippen LogP contribution >= 0.6 is 0 Å². The molecule has 0 fully saturated rings. The van der Waals surface area contributed by atoms with Gasteiger partial charge in [0.05, 0.1) is 13.2 Å². The number of rotatable bonds is 9. The highest BCUT2D eigenvalue weighted by Crippen LogP contribution is 2.36. The third kappa shape index (κ3) is 4.00. The maximum Gasteiger partial charge on any atom is 0.168 e. The van der Waals surface area contributed by atoms with E-state index in [0.717, 1.165) is 54.2 Å². The molecule has 0 bridgehead atoms. The minimum atomic E-state index is 0.651. The van der Waals surface area contributed by atoms with Crippen LogP contribution in [0.15, 0.2) is 30.3 Å². The van der Waals surface area contributed by atoms with Gasteiger partial charge in [0.15, 0.2) is 11.5 Å². The van der Waals surface area contributed by atoms with Crippen LogP contribution in [0.25, 0.3) is 10.8 Å². The van der Waals surface area contributed by atoms with Crippen molar-refractivity contribution in [2.45, 2.75) is 39.5 Å². The summed E-state index contributed by atoms with van der Waals surface area (Å²) in [6.45, 7) is 5.61. The van der Waals surface area contributed by atoms with E-state index in [1.54, 1.807) is 0 Å². The first-order valence-electron chi connectivity index (χ1n) is 8.07. The highest BCUT2D eigenvalue weighted by atomic mass is 16.5. The van der Waals surface area contributed by atoms with Gasteiger partial charge in [-0.3, -0.25) is 4.79 Å². The summed E-state index contributed by atoms with van der Waals surface area (Å²) in [5.41, 5.74) is 0.651. The van der Waals surface area contributed by atoms with E-state index in [0.29, 0.717) is 18.8 Å². The van der Waals surface area contributed by atoms with E-state index in [2.05, 4.69) is 13.8 Å². The van der Waals surface area contributed by atoms with Crippen LogP contribution in [-0.4, -0.2) is 19.5 Å². The predicted octanol–water partition coefficient (Wildman–Crippen LogP) is 5.01. The van der Waals surface area contributed by atoms with Gasteiger partial charge < -0.3 is 9.47 Å². The van der Waals surface area contributed by atoms with Crippen molar-refractivity contribution in [3.8, 4) is 11.5 Å². The quantitative estimate of drug-likeness (QED) is 0.482. The average Bonchev–Trinajstić information content (AvgIpc) is 2.56. The molecule has 2 aromatic rings. The fraction of sp³-hybridized carbons (Fsp3) is 0.421. The molecule has 0 amide bonds. The number of aldehydes is 1. The Morgan fingerprint density at radius 2 is 1.64 bits per heavy atom. The van der Waals surface area contributed by atoms with Crippen LogP contribution in [0.1, 0.15) is 49.9 Å². The van der Waals surface area contributed by atoms with Crippen LogP contribution in [-0.2, 0) is 0 Å². The lowest BCUT2D eigenvalue weighted by molar-refractivity contribution is 0.112. The molecule has 3 heteroatoms. The first-order chi connectivity index (χ1) is 10.8. The molecule has 0 radical (unpaired) electrons. The summed E-state index contributed by atoms with van der Waals surface area (Å²) in [5, 5.41) is 2.00. The number of carbonyl (C=O) groups excluding carboxylic acids is 1. The molecule has 0 aliphatic heterocycles. The van der Waals surface area contributed by atoms with Crippen molar-refractivity contribution >= 4 is 17.1 Å². The van der Waals surface area contributed by atoms with Gasteiger partial charge in [0.1, 0.15) is 6.29 Å². The van der Waals surface area contributed by atoms with E-state index in [1.807, 2.05) is 30.3 Å². The predicted molar refractivity (Wildman–Crippen MR) is 90.1 cm³/mol. The third-order valence-corrected chi connectivity index (χ3v) is 3.60. The second-order valence-corrected chi connectivity index (χ2v) is 5.40. The van der Waals surface area contributed by atoms with Crippen LogP contribution in [0.4, 0.5) is 0 Å². The van der Waals surface area contributed by atoms with E-state index < -0.39 is 0 Å². The third-order valence-electron chi connectivity index (χ3n) is 3.60. The number of hydrogen-bond donors (Lipinski definition) is 0. The molecule has 0 unspecified atom stereocenters. The number of ether oxygens (including phenoxy) is 2. The Hall–Kier alpha value is -2.03. The maximum atomic E-state index is 11.0. The van der Waals surface area contributed by atoms with Gasteiger partial charge >= 0.3 is 0 Å². The topological polar surface area (TPSA) is 35.5 Å². The van der Waals surface area contributed by atoms with Gasteiger partial charge in [-0.2, -0.15) is 0 Å². The minimum Gasteiger partial charge on any atom is -0.490 e. The second kappa shape index (κ2) is 8.42. The lowest BCUT2D eigenvalue weighted by Gasteiger charge is -2.15. The first kappa shape index (κ1) is 16.3. The summed E-state index contributed by atoms with van der Waals surface area (Å²) in [4.78, 5) is 11.0. The van der Waals surface area contributed by atoms with Crippen molar-refractivity contribution < 1.29 is 14.3 Å². The number of hydrogen-bond acceptors (Lipinski definition) is 3. The van der Waals surface area contributed by atoms with Gasteiger partial charge in [0, 0.05) is 10.9 Å². The molecule has 0 spiro atoms. The fourth-order valence-electron chi connectivity index (χ4n) is 2.27. The van der Waals surface area contributed by atoms with Crippen LogP contribution < -0.4 is 9.47 Å². The van der Waals surface area contributed by atoms with Crippen LogP contribution in [0.3, 0.4) is 0 Å². The zero-order chi connectivity index (χ0) is 15.8. The number of unbranched alkanes of at least 4 members (excludes halogenated alkanes) is 2. The average molecular weight is 300 g/mol. The fourth-order valence-corrected chi connectivity index (χ4v) is 2.27. The molecular weight excluding hydrogens is 276 g/mol. The Bertz CT molecular complexity index is 619. The summed E-state index contributed by atoms with van der Waals surface area (Å²) in [5.74, 6) is 1.52. The molecule has 0 saturated heterocycles. The Kier molecular flexibility index (Phi) is 6.26. The van der Waals surface area contributed by atoms with Crippen molar-refractivity contribution in [2.75, 3.05) is 13.2 Å². The van der Waals surface area contributed by atoms with E-state index in [-0.39, 0.29) is 0 Å². The second-order valence-electron chi connectivity index (χ2n) is 5.40. The molecule has 0 N–H and O–H groups in total. The molecule has 118 valence electrons. The SMILES string of the molecule is CCCCOc1ccc2ccc(C=O)cc2c1OCCCC. The lowest BCUT2D eigenvalue weighted by Crippen LogP contribution is -2.03.